The molecule has 0 aliphatic rings. The van der Waals surface area contributed by atoms with Crippen LogP contribution in [0.5, 0.6) is 0 Å². The maximum atomic E-state index is 6.05. The van der Waals surface area contributed by atoms with Crippen molar-refractivity contribution in [1.82, 2.24) is 9.97 Å². The largest absolute Gasteiger partial charge is 0.348 e. The van der Waals surface area contributed by atoms with Crippen molar-refractivity contribution in [3.8, 4) is 11.3 Å². The monoisotopic (exact) mass is 226 g/mol. The van der Waals surface area contributed by atoms with E-state index in [-0.39, 0.29) is 0 Å². The molecule has 2 aromatic rings. The number of nitrogens with one attached hydrogen (secondary N) is 1. The van der Waals surface area contributed by atoms with Crippen LogP contribution in [-0.4, -0.2) is 9.97 Å². The normalized spacial score (nSPS) is 10.5. The molecule has 4 heteroatoms. The van der Waals surface area contributed by atoms with Gasteiger partial charge in [0.1, 0.15) is 0 Å². The van der Waals surface area contributed by atoms with Crippen molar-refractivity contribution in [3.63, 3.8) is 0 Å². The van der Waals surface area contributed by atoms with Crippen molar-refractivity contribution in [2.75, 3.05) is 0 Å². The van der Waals surface area contributed by atoms with Crippen LogP contribution in [0.2, 0.25) is 10.0 Å². The number of halogens is 2. The number of rotatable bonds is 1. The van der Waals surface area contributed by atoms with E-state index >= 15 is 0 Å². The van der Waals surface area contributed by atoms with Gasteiger partial charge in [0.25, 0.3) is 0 Å². The number of imidazole rings is 1. The van der Waals surface area contributed by atoms with E-state index in [2.05, 4.69) is 9.97 Å². The van der Waals surface area contributed by atoms with E-state index < -0.39 is 0 Å². The Labute approximate surface area is 91.9 Å². The number of aromatic nitrogens is 2. The molecule has 0 fully saturated rings. The third kappa shape index (κ3) is 1.63. The Hall–Kier alpha value is -0.990. The van der Waals surface area contributed by atoms with E-state index in [0.717, 1.165) is 17.0 Å². The molecule has 0 aliphatic carbocycles. The fraction of sp³-hybridized carbons (Fsp3) is 0.100. The summed E-state index contributed by atoms with van der Waals surface area (Å²) in [6, 6.07) is 5.39. The molecule has 2 rings (SSSR count). The minimum atomic E-state index is 0.618. The predicted molar refractivity (Wildman–Crippen MR) is 58.8 cm³/mol. The van der Waals surface area contributed by atoms with E-state index in [0.29, 0.717) is 10.0 Å². The molecule has 1 aromatic carbocycles. The van der Waals surface area contributed by atoms with Gasteiger partial charge in [-0.15, -0.1) is 0 Å². The molecule has 0 saturated heterocycles. The molecule has 1 heterocycles. The lowest BCUT2D eigenvalue weighted by Crippen LogP contribution is -1.82. The Morgan fingerprint density at radius 2 is 2.07 bits per heavy atom. The van der Waals surface area contributed by atoms with Gasteiger partial charge in [-0.25, -0.2) is 4.98 Å². The Morgan fingerprint density at radius 3 is 2.64 bits per heavy atom. The van der Waals surface area contributed by atoms with Crippen molar-refractivity contribution in [2.24, 2.45) is 0 Å². The van der Waals surface area contributed by atoms with Crippen LogP contribution in [-0.2, 0) is 0 Å². The molecular formula is C10H8Cl2N2. The fourth-order valence-corrected chi connectivity index (χ4v) is 1.81. The van der Waals surface area contributed by atoms with Crippen molar-refractivity contribution in [3.05, 3.63) is 40.3 Å². The first-order valence-corrected chi connectivity index (χ1v) is 4.89. The van der Waals surface area contributed by atoms with Gasteiger partial charge >= 0.3 is 0 Å². The Bertz CT molecular complexity index is 463. The third-order valence-corrected chi connectivity index (χ3v) is 2.56. The van der Waals surface area contributed by atoms with E-state index in [4.69, 9.17) is 23.2 Å². The Morgan fingerprint density at radius 1 is 1.29 bits per heavy atom. The van der Waals surface area contributed by atoms with Crippen LogP contribution >= 0.6 is 23.2 Å². The fourth-order valence-electron chi connectivity index (χ4n) is 1.31. The first kappa shape index (κ1) is 9.56. The summed E-state index contributed by atoms with van der Waals surface area (Å²) in [6.45, 7) is 1.95. The highest BCUT2D eigenvalue weighted by Gasteiger charge is 2.08. The molecule has 1 N–H and O–H groups in total. The van der Waals surface area contributed by atoms with Crippen molar-refractivity contribution >= 4 is 23.2 Å². The molecule has 0 saturated carbocycles. The van der Waals surface area contributed by atoms with Crippen LogP contribution in [0.4, 0.5) is 0 Å². The molecule has 0 spiro atoms. The minimum Gasteiger partial charge on any atom is -0.348 e. The number of H-pyrrole nitrogens is 1. The predicted octanol–water partition coefficient (Wildman–Crippen LogP) is 3.69. The van der Waals surface area contributed by atoms with Gasteiger partial charge in [0.15, 0.2) is 0 Å². The van der Waals surface area contributed by atoms with Crippen LogP contribution in [0.25, 0.3) is 11.3 Å². The number of aryl methyl sites for hydroxylation is 1. The van der Waals surface area contributed by atoms with Gasteiger partial charge in [0, 0.05) is 16.3 Å². The zero-order valence-electron chi connectivity index (χ0n) is 7.51. The quantitative estimate of drug-likeness (QED) is 0.790. The lowest BCUT2D eigenvalue weighted by molar-refractivity contribution is 1.25. The molecule has 2 nitrogen and oxygen atoms in total. The average Bonchev–Trinajstić information content (AvgIpc) is 2.52. The summed E-state index contributed by atoms with van der Waals surface area (Å²) in [7, 11) is 0. The summed E-state index contributed by atoms with van der Waals surface area (Å²) < 4.78 is 0. The molecule has 0 aliphatic heterocycles. The van der Waals surface area contributed by atoms with E-state index in [9.17, 15) is 0 Å². The van der Waals surface area contributed by atoms with Crippen LogP contribution in [0.15, 0.2) is 24.5 Å². The third-order valence-electron chi connectivity index (χ3n) is 2.02. The van der Waals surface area contributed by atoms with Gasteiger partial charge in [-0.2, -0.15) is 0 Å². The zero-order valence-corrected chi connectivity index (χ0v) is 9.02. The number of benzene rings is 1. The molecule has 0 unspecified atom stereocenters. The van der Waals surface area contributed by atoms with Crippen molar-refractivity contribution < 1.29 is 0 Å². The van der Waals surface area contributed by atoms with Crippen LogP contribution in [0, 0.1) is 6.92 Å². The molecule has 14 heavy (non-hydrogen) atoms. The standard InChI is InChI=1S/C10H8Cl2N2/c1-6-10(14-5-13-6)8-3-2-7(11)4-9(8)12/h2-5H,1H3,(H,13,14). The van der Waals surface area contributed by atoms with E-state index in [1.807, 2.05) is 13.0 Å². The summed E-state index contributed by atoms with van der Waals surface area (Å²) >= 11 is 11.9. The molecule has 0 amide bonds. The van der Waals surface area contributed by atoms with Gasteiger partial charge in [-0.1, -0.05) is 23.2 Å². The second-order valence-electron chi connectivity index (χ2n) is 3.00. The number of aromatic amines is 1. The first-order valence-electron chi connectivity index (χ1n) is 4.14. The van der Waals surface area contributed by atoms with Gasteiger partial charge < -0.3 is 4.98 Å². The lowest BCUT2D eigenvalue weighted by Gasteiger charge is -2.02. The van der Waals surface area contributed by atoms with Gasteiger partial charge in [-0.05, 0) is 25.1 Å². The summed E-state index contributed by atoms with van der Waals surface area (Å²) in [5.41, 5.74) is 2.76. The summed E-state index contributed by atoms with van der Waals surface area (Å²) in [4.78, 5) is 7.20. The van der Waals surface area contributed by atoms with E-state index in [1.165, 1.54) is 0 Å². The zero-order chi connectivity index (χ0) is 10.1. The number of nitrogens with zero attached hydrogens (tertiary/aromatic N) is 1. The van der Waals surface area contributed by atoms with E-state index in [1.54, 1.807) is 18.5 Å². The molecule has 0 radical (unpaired) electrons. The maximum absolute atomic E-state index is 6.05. The second-order valence-corrected chi connectivity index (χ2v) is 3.84. The smallest absolute Gasteiger partial charge is 0.0929 e. The van der Waals surface area contributed by atoms with Gasteiger partial charge in [0.05, 0.1) is 17.0 Å². The SMILES string of the molecule is Cc1[nH]cnc1-c1ccc(Cl)cc1Cl. The van der Waals surface area contributed by atoms with Crippen molar-refractivity contribution in [1.29, 1.82) is 0 Å². The summed E-state index contributed by atoms with van der Waals surface area (Å²) in [6.07, 6.45) is 1.65. The lowest BCUT2D eigenvalue weighted by atomic mass is 10.1. The topological polar surface area (TPSA) is 28.7 Å². The highest BCUT2D eigenvalue weighted by atomic mass is 35.5. The van der Waals surface area contributed by atoms with Crippen LogP contribution in [0.3, 0.4) is 0 Å². The first-order chi connectivity index (χ1) is 6.68. The Kier molecular flexibility index (Phi) is 2.48. The van der Waals surface area contributed by atoms with Crippen LogP contribution in [0.1, 0.15) is 5.69 Å². The van der Waals surface area contributed by atoms with Crippen molar-refractivity contribution in [2.45, 2.75) is 6.92 Å². The van der Waals surface area contributed by atoms with Gasteiger partial charge in [-0.3, -0.25) is 0 Å². The molecule has 0 atom stereocenters. The van der Waals surface area contributed by atoms with Gasteiger partial charge in [0.2, 0.25) is 0 Å². The minimum absolute atomic E-state index is 0.618. The Balaban J connectivity index is 2.58. The number of hydrogen-bond donors (Lipinski definition) is 1. The highest BCUT2D eigenvalue weighted by molar-refractivity contribution is 6.36. The molecule has 1 aromatic heterocycles. The summed E-state index contributed by atoms with van der Waals surface area (Å²) in [5.74, 6) is 0. The molecular weight excluding hydrogens is 219 g/mol. The number of hydrogen-bond acceptors (Lipinski definition) is 1. The maximum Gasteiger partial charge on any atom is 0.0929 e. The summed E-state index contributed by atoms with van der Waals surface area (Å²) in [5, 5.41) is 1.25. The average molecular weight is 227 g/mol. The second kappa shape index (κ2) is 3.64. The molecule has 72 valence electrons. The molecule has 0 bridgehead atoms. The highest BCUT2D eigenvalue weighted by Crippen LogP contribution is 2.30. The van der Waals surface area contributed by atoms with Crippen LogP contribution < -0.4 is 0 Å².